The van der Waals surface area contributed by atoms with Gasteiger partial charge in [0.25, 0.3) is 0 Å². The van der Waals surface area contributed by atoms with Gasteiger partial charge < -0.3 is 10.1 Å². The molecule has 0 saturated carbocycles. The normalized spacial score (nSPS) is 9.64. The van der Waals surface area contributed by atoms with Crippen LogP contribution in [0.5, 0.6) is 0 Å². The first-order valence-electron chi connectivity index (χ1n) is 3.76. The summed E-state index contributed by atoms with van der Waals surface area (Å²) >= 11 is 0. The molecule has 0 saturated heterocycles. The predicted octanol–water partition coefficient (Wildman–Crippen LogP) is 2.34. The van der Waals surface area contributed by atoms with Crippen molar-refractivity contribution in [3.8, 4) is 0 Å². The van der Waals surface area contributed by atoms with E-state index in [1.807, 2.05) is 27.7 Å². The van der Waals surface area contributed by atoms with E-state index in [4.69, 9.17) is 0 Å². The van der Waals surface area contributed by atoms with Crippen molar-refractivity contribution < 1.29 is 21.3 Å². The van der Waals surface area contributed by atoms with E-state index in [9.17, 15) is 4.79 Å². The molecule has 3 heteroatoms. The van der Waals surface area contributed by atoms with Crippen molar-refractivity contribution in [2.24, 2.45) is 5.92 Å². The van der Waals surface area contributed by atoms with Crippen molar-refractivity contribution in [1.82, 2.24) is 0 Å². The van der Waals surface area contributed by atoms with Crippen LogP contribution in [0.1, 0.15) is 34.1 Å². The van der Waals surface area contributed by atoms with Gasteiger partial charge in [-0.05, 0) is 12.3 Å². The van der Waals surface area contributed by atoms with Crippen LogP contribution in [-0.4, -0.2) is 11.9 Å². The summed E-state index contributed by atoms with van der Waals surface area (Å²) in [5.41, 5.74) is 0. The zero-order valence-corrected chi connectivity index (χ0v) is 8.52. The van der Waals surface area contributed by atoms with Gasteiger partial charge in [0.05, 0.1) is 5.91 Å². The number of rotatable bonds is 3. The fourth-order valence-electron chi connectivity index (χ4n) is 0.690. The second-order valence-electron chi connectivity index (χ2n) is 3.21. The molecule has 0 unspecified atom stereocenters. The van der Waals surface area contributed by atoms with Gasteiger partial charge in [0.1, 0.15) is 0 Å². The third-order valence-electron chi connectivity index (χ3n) is 0.985. The van der Waals surface area contributed by atoms with Gasteiger partial charge in [-0.3, -0.25) is 0 Å². The number of nitrogens with zero attached hydrogens (tertiary/aromatic N) is 1. The summed E-state index contributed by atoms with van der Waals surface area (Å²) in [5.74, 6) is 0.458. The standard InChI is InChI=1S/C8H17NO.Ni/c1-6(2)5-8(10)9-7(3)4;/h6-7H,5H2,1-4H3,(H,9,10);/p-1. The molecule has 1 amide bonds. The van der Waals surface area contributed by atoms with Crippen molar-refractivity contribution in [2.45, 2.75) is 40.2 Å². The van der Waals surface area contributed by atoms with Gasteiger partial charge in [0.15, 0.2) is 0 Å². The molecule has 0 atom stereocenters. The monoisotopic (exact) mass is 200 g/mol. The summed E-state index contributed by atoms with van der Waals surface area (Å²) in [6.45, 7) is 7.87. The summed E-state index contributed by atoms with van der Waals surface area (Å²) in [6.07, 6.45) is 0.582. The first kappa shape index (κ1) is 13.5. The molecule has 0 aromatic rings. The second kappa shape index (κ2) is 6.66. The van der Waals surface area contributed by atoms with Gasteiger partial charge in [-0.2, -0.15) is 0 Å². The van der Waals surface area contributed by atoms with Gasteiger partial charge >= 0.3 is 0 Å². The van der Waals surface area contributed by atoms with Crippen molar-refractivity contribution in [2.75, 3.05) is 0 Å². The van der Waals surface area contributed by atoms with Crippen LogP contribution in [-0.2, 0) is 21.3 Å². The van der Waals surface area contributed by atoms with Crippen LogP contribution < -0.4 is 0 Å². The fourth-order valence-corrected chi connectivity index (χ4v) is 0.690. The van der Waals surface area contributed by atoms with Crippen molar-refractivity contribution in [3.05, 3.63) is 5.32 Å². The molecule has 0 N–H and O–H groups in total. The summed E-state index contributed by atoms with van der Waals surface area (Å²) in [4.78, 5) is 10.9. The average molecular weight is 201 g/mol. The van der Waals surface area contributed by atoms with E-state index in [2.05, 4.69) is 5.32 Å². The largest absolute Gasteiger partial charge is 0.651 e. The Morgan fingerprint density at radius 3 is 2.00 bits per heavy atom. The molecule has 0 rings (SSSR count). The Labute approximate surface area is 79.1 Å². The zero-order valence-electron chi connectivity index (χ0n) is 7.53. The van der Waals surface area contributed by atoms with E-state index in [-0.39, 0.29) is 28.4 Å². The van der Waals surface area contributed by atoms with Crippen LogP contribution in [0.2, 0.25) is 0 Å². The molecule has 0 aliphatic rings. The molecule has 0 radical (unpaired) electrons. The Morgan fingerprint density at radius 1 is 1.27 bits per heavy atom. The molecule has 0 heterocycles. The number of carbonyl (C=O) groups is 1. The summed E-state index contributed by atoms with van der Waals surface area (Å²) in [6, 6.07) is 0.145. The molecule has 0 aromatic heterocycles. The topological polar surface area (TPSA) is 31.2 Å². The Morgan fingerprint density at radius 2 is 1.73 bits per heavy atom. The molecular formula is C8H16NNiO-. The minimum absolute atomic E-state index is 0. The van der Waals surface area contributed by atoms with Crippen molar-refractivity contribution in [1.29, 1.82) is 0 Å². The van der Waals surface area contributed by atoms with Crippen LogP contribution in [0.4, 0.5) is 0 Å². The predicted molar refractivity (Wildman–Crippen MR) is 43.0 cm³/mol. The van der Waals surface area contributed by atoms with Crippen LogP contribution in [0.15, 0.2) is 0 Å². The van der Waals surface area contributed by atoms with Crippen LogP contribution in [0.25, 0.3) is 5.32 Å². The quantitative estimate of drug-likeness (QED) is 0.644. The van der Waals surface area contributed by atoms with Crippen LogP contribution in [0.3, 0.4) is 0 Å². The van der Waals surface area contributed by atoms with E-state index in [0.29, 0.717) is 12.3 Å². The SMILES string of the molecule is CC(C)CC(=O)[N-]C(C)C.[Ni]. The van der Waals surface area contributed by atoms with E-state index < -0.39 is 0 Å². The van der Waals surface area contributed by atoms with Crippen molar-refractivity contribution in [3.63, 3.8) is 0 Å². The fraction of sp³-hybridized carbons (Fsp3) is 0.875. The van der Waals surface area contributed by atoms with E-state index >= 15 is 0 Å². The molecule has 0 aromatic carbocycles. The maximum absolute atomic E-state index is 10.9. The van der Waals surface area contributed by atoms with E-state index in [1.165, 1.54) is 0 Å². The first-order chi connectivity index (χ1) is 4.52. The number of hydrogen-bond donors (Lipinski definition) is 0. The summed E-state index contributed by atoms with van der Waals surface area (Å²) in [7, 11) is 0. The van der Waals surface area contributed by atoms with Gasteiger partial charge in [0.2, 0.25) is 0 Å². The minimum atomic E-state index is 0. The summed E-state index contributed by atoms with van der Waals surface area (Å²) < 4.78 is 0. The van der Waals surface area contributed by atoms with E-state index in [1.54, 1.807) is 0 Å². The maximum atomic E-state index is 10.9. The average Bonchev–Trinajstić information content (AvgIpc) is 1.58. The Hall–Kier alpha value is -0.0365. The van der Waals surface area contributed by atoms with Gasteiger partial charge in [0, 0.05) is 16.5 Å². The Balaban J connectivity index is 0. The third-order valence-corrected chi connectivity index (χ3v) is 0.985. The number of carbonyl (C=O) groups excluding carboxylic acids is 1. The summed E-state index contributed by atoms with van der Waals surface area (Å²) in [5, 5.41) is 3.88. The third kappa shape index (κ3) is 9.96. The molecule has 0 fully saturated rings. The molecule has 0 aliphatic heterocycles. The molecule has 70 valence electrons. The molecule has 0 spiro atoms. The van der Waals surface area contributed by atoms with E-state index in [0.717, 1.165) is 0 Å². The maximum Gasteiger partial charge on any atom is 0.0515 e. The van der Waals surface area contributed by atoms with Crippen molar-refractivity contribution >= 4 is 5.91 Å². The molecular weight excluding hydrogens is 185 g/mol. The molecule has 0 bridgehead atoms. The minimum Gasteiger partial charge on any atom is -0.651 e. The Bertz CT molecular complexity index is 101. The molecule has 2 nitrogen and oxygen atoms in total. The van der Waals surface area contributed by atoms with Crippen LogP contribution in [0, 0.1) is 5.92 Å². The van der Waals surface area contributed by atoms with Crippen LogP contribution >= 0.6 is 0 Å². The zero-order chi connectivity index (χ0) is 8.15. The number of hydrogen-bond acceptors (Lipinski definition) is 1. The first-order valence-corrected chi connectivity index (χ1v) is 3.76. The molecule has 11 heavy (non-hydrogen) atoms. The Kier molecular flexibility index (Phi) is 8.20. The second-order valence-corrected chi connectivity index (χ2v) is 3.21. The van der Waals surface area contributed by atoms with Gasteiger partial charge in [-0.15, -0.1) is 6.04 Å². The smallest absolute Gasteiger partial charge is 0.0515 e. The van der Waals surface area contributed by atoms with Gasteiger partial charge in [-0.1, -0.05) is 27.7 Å². The number of amides is 1. The van der Waals surface area contributed by atoms with Gasteiger partial charge in [-0.25, -0.2) is 0 Å². The molecule has 0 aliphatic carbocycles.